The van der Waals surface area contributed by atoms with Crippen molar-refractivity contribution in [2.24, 2.45) is 0 Å². The molecule has 0 spiro atoms. The summed E-state index contributed by atoms with van der Waals surface area (Å²) in [6, 6.07) is 9.68. The Bertz CT molecular complexity index is 468. The molecule has 0 bridgehead atoms. The summed E-state index contributed by atoms with van der Waals surface area (Å²) in [6.45, 7) is 0.0668. The number of aromatic nitrogens is 1. The van der Waals surface area contributed by atoms with Crippen molar-refractivity contribution in [1.29, 1.82) is 0 Å². The fraction of sp³-hybridized carbons (Fsp3) is 0.250. The van der Waals surface area contributed by atoms with Crippen LogP contribution in [0.5, 0.6) is 0 Å². The van der Waals surface area contributed by atoms with Crippen LogP contribution in [0.15, 0.2) is 36.5 Å². The lowest BCUT2D eigenvalue weighted by molar-refractivity contribution is 0.105. The van der Waals surface area contributed by atoms with Crippen LogP contribution in [-0.4, -0.2) is 34.5 Å². The van der Waals surface area contributed by atoms with Gasteiger partial charge in [0.15, 0.2) is 0 Å². The third-order valence-electron chi connectivity index (χ3n) is 2.37. The molecule has 0 amide bonds. The maximum absolute atomic E-state index is 9.26. The van der Waals surface area contributed by atoms with Gasteiger partial charge >= 0.3 is 0 Å². The van der Waals surface area contributed by atoms with Gasteiger partial charge in [-0.05, 0) is 12.1 Å². The third-order valence-corrected chi connectivity index (χ3v) is 2.37. The average molecular weight is 218 g/mol. The van der Waals surface area contributed by atoms with E-state index in [0.29, 0.717) is 6.54 Å². The zero-order valence-corrected chi connectivity index (χ0v) is 8.80. The Morgan fingerprint density at radius 1 is 1.25 bits per heavy atom. The number of aliphatic hydroxyl groups excluding tert-OH is 2. The molecule has 0 radical (unpaired) electrons. The summed E-state index contributed by atoms with van der Waals surface area (Å²) in [6.07, 6.45) is 0.981. The molecule has 0 aliphatic heterocycles. The molecule has 1 aromatic carbocycles. The molecule has 0 aliphatic rings. The Labute approximate surface area is 93.6 Å². The van der Waals surface area contributed by atoms with Crippen LogP contribution in [0.25, 0.3) is 10.9 Å². The van der Waals surface area contributed by atoms with Crippen molar-refractivity contribution in [2.45, 2.75) is 6.10 Å². The second-order valence-corrected chi connectivity index (χ2v) is 3.60. The monoisotopic (exact) mass is 218 g/mol. The molecule has 2 aromatic rings. The lowest BCUT2D eigenvalue weighted by atomic mass is 10.2. The summed E-state index contributed by atoms with van der Waals surface area (Å²) < 4.78 is 0. The third kappa shape index (κ3) is 2.29. The number of pyridine rings is 1. The Morgan fingerprint density at radius 2 is 2.06 bits per heavy atom. The van der Waals surface area contributed by atoms with Crippen molar-refractivity contribution in [3.05, 3.63) is 36.5 Å². The number of nitrogens with one attached hydrogen (secondary N) is 1. The van der Waals surface area contributed by atoms with Crippen LogP contribution in [0.2, 0.25) is 0 Å². The summed E-state index contributed by atoms with van der Waals surface area (Å²) >= 11 is 0. The Hall–Kier alpha value is -1.65. The summed E-state index contributed by atoms with van der Waals surface area (Å²) in [4.78, 5) is 4.28. The first-order valence-corrected chi connectivity index (χ1v) is 5.18. The van der Waals surface area contributed by atoms with Gasteiger partial charge in [-0.1, -0.05) is 18.2 Å². The topological polar surface area (TPSA) is 65.4 Å². The number of para-hydroxylation sites is 1. The quantitative estimate of drug-likeness (QED) is 0.716. The lowest BCUT2D eigenvalue weighted by Crippen LogP contribution is -2.23. The Morgan fingerprint density at radius 3 is 2.88 bits per heavy atom. The van der Waals surface area contributed by atoms with Gasteiger partial charge < -0.3 is 15.5 Å². The minimum Gasteiger partial charge on any atom is -0.394 e. The first-order chi connectivity index (χ1) is 7.81. The fourth-order valence-electron chi connectivity index (χ4n) is 1.54. The normalized spacial score (nSPS) is 12.6. The smallest absolute Gasteiger partial charge is 0.0942 e. The number of hydrogen-bond donors (Lipinski definition) is 3. The summed E-state index contributed by atoms with van der Waals surface area (Å²) in [5, 5.41) is 22.1. The van der Waals surface area contributed by atoms with E-state index >= 15 is 0 Å². The van der Waals surface area contributed by atoms with Crippen LogP contribution >= 0.6 is 0 Å². The van der Waals surface area contributed by atoms with Crippen molar-refractivity contribution >= 4 is 16.6 Å². The van der Waals surface area contributed by atoms with E-state index in [0.717, 1.165) is 16.6 Å². The molecule has 0 aliphatic carbocycles. The molecular formula is C12H14N2O2. The van der Waals surface area contributed by atoms with E-state index in [1.54, 1.807) is 6.20 Å². The molecule has 1 aromatic heterocycles. The Kier molecular flexibility index (Phi) is 3.34. The highest BCUT2D eigenvalue weighted by Crippen LogP contribution is 2.20. The van der Waals surface area contributed by atoms with Crippen molar-refractivity contribution in [2.75, 3.05) is 18.5 Å². The number of nitrogens with zero attached hydrogens (tertiary/aromatic N) is 1. The lowest BCUT2D eigenvalue weighted by Gasteiger charge is -2.11. The molecule has 84 valence electrons. The molecule has 16 heavy (non-hydrogen) atoms. The highest BCUT2D eigenvalue weighted by Gasteiger charge is 2.04. The fourth-order valence-corrected chi connectivity index (χ4v) is 1.54. The van der Waals surface area contributed by atoms with Crippen LogP contribution in [0.1, 0.15) is 0 Å². The van der Waals surface area contributed by atoms with E-state index in [-0.39, 0.29) is 6.61 Å². The molecule has 3 N–H and O–H groups in total. The van der Waals surface area contributed by atoms with E-state index < -0.39 is 6.10 Å². The zero-order chi connectivity index (χ0) is 11.4. The number of fused-ring (bicyclic) bond motifs is 1. The van der Waals surface area contributed by atoms with Crippen LogP contribution in [0.3, 0.4) is 0 Å². The summed E-state index contributed by atoms with van der Waals surface area (Å²) in [5.41, 5.74) is 1.74. The summed E-state index contributed by atoms with van der Waals surface area (Å²) in [7, 11) is 0. The van der Waals surface area contributed by atoms with E-state index in [4.69, 9.17) is 5.11 Å². The number of rotatable bonds is 4. The molecule has 4 heteroatoms. The van der Waals surface area contributed by atoms with Crippen LogP contribution < -0.4 is 5.32 Å². The molecule has 4 nitrogen and oxygen atoms in total. The van der Waals surface area contributed by atoms with Crippen molar-refractivity contribution < 1.29 is 10.2 Å². The van der Waals surface area contributed by atoms with Gasteiger partial charge in [-0.3, -0.25) is 4.98 Å². The van der Waals surface area contributed by atoms with Gasteiger partial charge in [-0.25, -0.2) is 0 Å². The number of hydrogen-bond acceptors (Lipinski definition) is 4. The minimum atomic E-state index is -0.751. The van der Waals surface area contributed by atoms with E-state index in [1.165, 1.54) is 0 Å². The van der Waals surface area contributed by atoms with Crippen molar-refractivity contribution in [3.8, 4) is 0 Å². The predicted molar refractivity (Wildman–Crippen MR) is 63.3 cm³/mol. The van der Waals surface area contributed by atoms with Gasteiger partial charge in [0.1, 0.15) is 0 Å². The largest absolute Gasteiger partial charge is 0.394 e. The molecule has 0 fully saturated rings. The van der Waals surface area contributed by atoms with E-state index in [2.05, 4.69) is 10.3 Å². The second kappa shape index (κ2) is 4.92. The first-order valence-electron chi connectivity index (χ1n) is 5.18. The maximum Gasteiger partial charge on any atom is 0.0942 e. The Balaban J connectivity index is 2.23. The zero-order valence-electron chi connectivity index (χ0n) is 8.80. The van der Waals surface area contributed by atoms with Crippen LogP contribution in [-0.2, 0) is 0 Å². The van der Waals surface area contributed by atoms with Crippen molar-refractivity contribution in [3.63, 3.8) is 0 Å². The molecule has 1 atom stereocenters. The van der Waals surface area contributed by atoms with Crippen LogP contribution in [0, 0.1) is 0 Å². The van der Waals surface area contributed by atoms with Crippen LogP contribution in [0.4, 0.5) is 5.69 Å². The van der Waals surface area contributed by atoms with Gasteiger partial charge in [0.25, 0.3) is 0 Å². The highest BCUT2D eigenvalue weighted by atomic mass is 16.3. The SMILES string of the molecule is OCC(O)CNc1cccc2cccnc12. The minimum absolute atomic E-state index is 0.245. The van der Waals surface area contributed by atoms with Gasteiger partial charge in [-0.15, -0.1) is 0 Å². The average Bonchev–Trinajstić information content (AvgIpc) is 2.35. The molecule has 2 rings (SSSR count). The number of aliphatic hydroxyl groups is 2. The second-order valence-electron chi connectivity index (χ2n) is 3.60. The molecule has 1 heterocycles. The number of anilines is 1. The van der Waals surface area contributed by atoms with Gasteiger partial charge in [-0.2, -0.15) is 0 Å². The highest BCUT2D eigenvalue weighted by molar-refractivity contribution is 5.90. The summed E-state index contributed by atoms with van der Waals surface area (Å²) in [5.74, 6) is 0. The molecule has 1 unspecified atom stereocenters. The molecule has 0 saturated carbocycles. The maximum atomic E-state index is 9.26. The van der Waals surface area contributed by atoms with E-state index in [1.807, 2.05) is 30.3 Å². The van der Waals surface area contributed by atoms with E-state index in [9.17, 15) is 5.11 Å². The first kappa shape index (κ1) is 10.9. The van der Waals surface area contributed by atoms with Gasteiger partial charge in [0.05, 0.1) is 23.9 Å². The standard InChI is InChI=1S/C12H14N2O2/c15-8-10(16)7-14-11-5-1-3-9-4-2-6-13-12(9)11/h1-6,10,14-16H,7-8H2. The molecule has 0 saturated heterocycles. The molecular weight excluding hydrogens is 204 g/mol. The van der Waals surface area contributed by atoms with Gasteiger partial charge in [0.2, 0.25) is 0 Å². The van der Waals surface area contributed by atoms with Gasteiger partial charge in [0, 0.05) is 18.1 Å². The predicted octanol–water partition coefficient (Wildman–Crippen LogP) is 1.000. The number of benzene rings is 1. The van der Waals surface area contributed by atoms with Crippen molar-refractivity contribution in [1.82, 2.24) is 4.98 Å².